The molecule has 0 aliphatic rings. The third-order valence-electron chi connectivity index (χ3n) is 1.93. The van der Waals surface area contributed by atoms with Crippen molar-refractivity contribution in [1.82, 2.24) is 5.32 Å². The Balaban J connectivity index is 2.45. The lowest BCUT2D eigenvalue weighted by Gasteiger charge is -2.08. The van der Waals surface area contributed by atoms with Crippen molar-refractivity contribution in [1.29, 1.82) is 0 Å². The van der Waals surface area contributed by atoms with E-state index >= 15 is 0 Å². The Morgan fingerprint density at radius 1 is 1.59 bits per heavy atom. The lowest BCUT2D eigenvalue weighted by molar-refractivity contribution is -0.115. The van der Waals surface area contributed by atoms with Crippen LogP contribution in [0.1, 0.15) is 6.92 Å². The van der Waals surface area contributed by atoms with Gasteiger partial charge in [0.15, 0.2) is 0 Å². The lowest BCUT2D eigenvalue weighted by Crippen LogP contribution is -2.32. The van der Waals surface area contributed by atoms with E-state index in [1.54, 1.807) is 6.92 Å². The molecule has 0 saturated heterocycles. The predicted octanol–water partition coefficient (Wildman–Crippen LogP) is 1.39. The fraction of sp³-hybridized carbons (Fsp3) is 0.364. The third kappa shape index (κ3) is 5.12. The van der Waals surface area contributed by atoms with Crippen molar-refractivity contribution in [3.05, 3.63) is 29.0 Å². The molecule has 0 spiro atoms. The first kappa shape index (κ1) is 13.9. The summed E-state index contributed by atoms with van der Waals surface area (Å²) in [6, 6.07) is 4.01. The minimum atomic E-state index is -0.582. The molecule has 94 valence electrons. The highest BCUT2D eigenvalue weighted by Gasteiger charge is 2.07. The van der Waals surface area contributed by atoms with E-state index in [0.717, 1.165) is 6.07 Å². The zero-order valence-electron chi connectivity index (χ0n) is 9.34. The first-order valence-electron chi connectivity index (χ1n) is 5.12. The minimum absolute atomic E-state index is 0.00691. The largest absolute Gasteiger partial charge is 0.392 e. The van der Waals surface area contributed by atoms with Gasteiger partial charge in [0.25, 0.3) is 0 Å². The molecule has 0 fully saturated rings. The van der Waals surface area contributed by atoms with Gasteiger partial charge in [-0.25, -0.2) is 4.39 Å². The summed E-state index contributed by atoms with van der Waals surface area (Å²) in [7, 11) is 0. The van der Waals surface area contributed by atoms with Crippen LogP contribution in [0.15, 0.2) is 18.2 Å². The maximum Gasteiger partial charge on any atom is 0.238 e. The number of aliphatic hydroxyl groups is 1. The van der Waals surface area contributed by atoms with E-state index in [1.165, 1.54) is 12.1 Å². The average molecular weight is 261 g/mol. The van der Waals surface area contributed by atoms with Crippen LogP contribution in [-0.4, -0.2) is 30.2 Å². The fourth-order valence-corrected chi connectivity index (χ4v) is 1.34. The summed E-state index contributed by atoms with van der Waals surface area (Å²) in [6.07, 6.45) is -0.532. The van der Waals surface area contributed by atoms with Gasteiger partial charge in [-0.1, -0.05) is 11.6 Å². The second-order valence-corrected chi connectivity index (χ2v) is 4.09. The van der Waals surface area contributed by atoms with Crippen molar-refractivity contribution in [3.8, 4) is 0 Å². The van der Waals surface area contributed by atoms with Crippen LogP contribution in [0.25, 0.3) is 0 Å². The van der Waals surface area contributed by atoms with E-state index in [-0.39, 0.29) is 23.2 Å². The van der Waals surface area contributed by atoms with Gasteiger partial charge in [0.05, 0.1) is 18.3 Å². The lowest BCUT2D eigenvalue weighted by atomic mass is 10.3. The van der Waals surface area contributed by atoms with Crippen molar-refractivity contribution in [2.24, 2.45) is 0 Å². The van der Waals surface area contributed by atoms with Crippen LogP contribution < -0.4 is 10.6 Å². The highest BCUT2D eigenvalue weighted by molar-refractivity contribution is 6.30. The number of rotatable bonds is 5. The van der Waals surface area contributed by atoms with Gasteiger partial charge < -0.3 is 15.7 Å². The fourth-order valence-electron chi connectivity index (χ4n) is 1.18. The van der Waals surface area contributed by atoms with Gasteiger partial charge in [-0.3, -0.25) is 4.79 Å². The van der Waals surface area contributed by atoms with Crippen molar-refractivity contribution < 1.29 is 14.3 Å². The summed E-state index contributed by atoms with van der Waals surface area (Å²) in [6.45, 7) is 1.91. The monoisotopic (exact) mass is 260 g/mol. The molecule has 1 aromatic rings. The van der Waals surface area contributed by atoms with Gasteiger partial charge in [-0.15, -0.1) is 0 Å². The summed E-state index contributed by atoms with van der Waals surface area (Å²) >= 11 is 5.58. The smallest absolute Gasteiger partial charge is 0.238 e. The van der Waals surface area contributed by atoms with Crippen LogP contribution in [0.4, 0.5) is 10.1 Å². The van der Waals surface area contributed by atoms with E-state index in [2.05, 4.69) is 10.6 Å². The van der Waals surface area contributed by atoms with Crippen molar-refractivity contribution in [2.75, 3.05) is 18.4 Å². The van der Waals surface area contributed by atoms with Crippen molar-refractivity contribution in [3.63, 3.8) is 0 Å². The molecule has 17 heavy (non-hydrogen) atoms. The molecule has 1 rings (SSSR count). The van der Waals surface area contributed by atoms with E-state index < -0.39 is 11.9 Å². The number of halogens is 2. The molecule has 0 aliphatic carbocycles. The summed E-state index contributed by atoms with van der Waals surface area (Å²) < 4.78 is 13.3. The molecule has 1 amide bonds. The van der Waals surface area contributed by atoms with Crippen LogP contribution in [0, 0.1) is 5.82 Å². The van der Waals surface area contributed by atoms with Gasteiger partial charge in [0.1, 0.15) is 5.82 Å². The number of benzene rings is 1. The zero-order valence-corrected chi connectivity index (χ0v) is 10.1. The van der Waals surface area contributed by atoms with E-state index in [4.69, 9.17) is 16.7 Å². The van der Waals surface area contributed by atoms with Gasteiger partial charge >= 0.3 is 0 Å². The number of anilines is 1. The maximum absolute atomic E-state index is 13.3. The molecule has 3 N–H and O–H groups in total. The highest BCUT2D eigenvalue weighted by atomic mass is 35.5. The van der Waals surface area contributed by atoms with Crippen LogP contribution in [-0.2, 0) is 4.79 Å². The van der Waals surface area contributed by atoms with Gasteiger partial charge in [-0.2, -0.15) is 0 Å². The highest BCUT2D eigenvalue weighted by Crippen LogP contribution is 2.18. The molecule has 6 heteroatoms. The average Bonchev–Trinajstić information content (AvgIpc) is 2.21. The molecule has 0 bridgehead atoms. The molecule has 0 radical (unpaired) electrons. The van der Waals surface area contributed by atoms with Crippen LogP contribution in [0.3, 0.4) is 0 Å². The number of amides is 1. The van der Waals surface area contributed by atoms with Crippen molar-refractivity contribution >= 4 is 23.2 Å². The zero-order chi connectivity index (χ0) is 12.8. The summed E-state index contributed by atoms with van der Waals surface area (Å²) in [5.41, 5.74) is 0.0817. The number of carbonyl (C=O) groups excluding carboxylic acids is 1. The molecule has 4 nitrogen and oxygen atoms in total. The van der Waals surface area contributed by atoms with Gasteiger partial charge in [-0.05, 0) is 25.1 Å². The molecule has 0 heterocycles. The van der Waals surface area contributed by atoms with Crippen molar-refractivity contribution in [2.45, 2.75) is 13.0 Å². The number of carbonyl (C=O) groups is 1. The van der Waals surface area contributed by atoms with Crippen LogP contribution in [0.2, 0.25) is 5.02 Å². The first-order chi connectivity index (χ1) is 7.99. The molecule has 1 aromatic carbocycles. The Morgan fingerprint density at radius 2 is 2.29 bits per heavy atom. The van der Waals surface area contributed by atoms with Gasteiger partial charge in [0.2, 0.25) is 5.91 Å². The van der Waals surface area contributed by atoms with Crippen LogP contribution in [0.5, 0.6) is 0 Å². The minimum Gasteiger partial charge on any atom is -0.392 e. The second-order valence-electron chi connectivity index (χ2n) is 3.65. The Kier molecular flexibility index (Phi) is 5.34. The van der Waals surface area contributed by atoms with Crippen LogP contribution >= 0.6 is 11.6 Å². The number of hydrogen-bond acceptors (Lipinski definition) is 3. The first-order valence-corrected chi connectivity index (χ1v) is 5.50. The Hall–Kier alpha value is -1.17. The maximum atomic E-state index is 13.3. The molecule has 0 saturated carbocycles. The Morgan fingerprint density at radius 3 is 2.88 bits per heavy atom. The number of aliphatic hydroxyl groups excluding tert-OH is 1. The molecule has 0 aliphatic heterocycles. The van der Waals surface area contributed by atoms with E-state index in [1.807, 2.05) is 0 Å². The number of nitrogens with one attached hydrogen (secondary N) is 2. The van der Waals surface area contributed by atoms with E-state index in [9.17, 15) is 9.18 Å². The number of hydrogen-bond donors (Lipinski definition) is 3. The summed E-state index contributed by atoms with van der Waals surface area (Å²) in [5.74, 6) is -0.965. The standard InChI is InChI=1S/C11H14ClFN2O2/c1-7(16)5-14-6-11(17)15-10-3-2-8(12)4-9(10)13/h2-4,7,14,16H,5-6H2,1H3,(H,15,17). The Bertz CT molecular complexity index is 399. The normalized spacial score (nSPS) is 12.2. The summed E-state index contributed by atoms with van der Waals surface area (Å²) in [4.78, 5) is 11.4. The van der Waals surface area contributed by atoms with Gasteiger partial charge in [0, 0.05) is 11.6 Å². The predicted molar refractivity (Wildman–Crippen MR) is 64.6 cm³/mol. The summed E-state index contributed by atoms with van der Waals surface area (Å²) in [5, 5.41) is 14.4. The molecule has 1 unspecified atom stereocenters. The SMILES string of the molecule is CC(O)CNCC(=O)Nc1ccc(Cl)cc1F. The molecule has 0 aromatic heterocycles. The second kappa shape index (κ2) is 6.54. The third-order valence-corrected chi connectivity index (χ3v) is 2.17. The van der Waals surface area contributed by atoms with E-state index in [0.29, 0.717) is 6.54 Å². The quantitative estimate of drug-likeness (QED) is 0.750. The molecular formula is C11H14ClFN2O2. The Labute approximate surface area is 104 Å². The molecule has 1 atom stereocenters. The molecular weight excluding hydrogens is 247 g/mol. The topological polar surface area (TPSA) is 61.4 Å².